The van der Waals surface area contributed by atoms with Gasteiger partial charge in [0.2, 0.25) is 0 Å². The maximum atomic E-state index is 10.4. The third-order valence-electron chi connectivity index (χ3n) is 1.99. The van der Waals surface area contributed by atoms with Crippen LogP contribution in [0.25, 0.3) is 6.08 Å². The zero-order valence-corrected chi connectivity index (χ0v) is 13.2. The van der Waals surface area contributed by atoms with E-state index in [0.717, 1.165) is 26.1 Å². The number of hydrogen-bond donors (Lipinski definition) is 1. The Kier molecular flexibility index (Phi) is 5.44. The molecule has 2 heterocycles. The van der Waals surface area contributed by atoms with Crippen LogP contribution in [0.2, 0.25) is 0 Å². The zero-order chi connectivity index (χ0) is 13.7. The topological polar surface area (TPSA) is 63.1 Å². The molecule has 2 aromatic rings. The number of carboxylic acids is 1. The Morgan fingerprint density at radius 2 is 2.26 bits per heavy atom. The van der Waals surface area contributed by atoms with E-state index in [2.05, 4.69) is 10.2 Å². The van der Waals surface area contributed by atoms with Crippen molar-refractivity contribution in [1.82, 2.24) is 10.2 Å². The van der Waals surface area contributed by atoms with Crippen LogP contribution in [-0.2, 0) is 10.5 Å². The largest absolute Gasteiger partial charge is 0.478 e. The highest BCUT2D eigenvalue weighted by atomic mass is 32.2. The summed E-state index contributed by atoms with van der Waals surface area (Å²) in [6.45, 7) is 0. The number of carbonyl (C=O) groups is 1. The number of hydrogen-bond acceptors (Lipinski definition) is 7. The van der Waals surface area contributed by atoms with Crippen LogP contribution in [-0.4, -0.2) is 27.5 Å². The van der Waals surface area contributed by atoms with Gasteiger partial charge in [-0.25, -0.2) is 4.79 Å². The Balaban J connectivity index is 1.91. The van der Waals surface area contributed by atoms with Gasteiger partial charge in [-0.1, -0.05) is 34.9 Å². The first kappa shape index (κ1) is 14.6. The van der Waals surface area contributed by atoms with Gasteiger partial charge in [0, 0.05) is 16.7 Å². The van der Waals surface area contributed by atoms with Crippen molar-refractivity contribution >= 4 is 58.2 Å². The summed E-state index contributed by atoms with van der Waals surface area (Å²) in [6, 6.07) is 1.99. The number of aliphatic carboxylic acids is 1. The van der Waals surface area contributed by atoms with Crippen LogP contribution in [0.15, 0.2) is 26.2 Å². The molecule has 100 valence electrons. The van der Waals surface area contributed by atoms with E-state index < -0.39 is 5.97 Å². The fourth-order valence-corrected chi connectivity index (χ4v) is 4.55. The first-order chi connectivity index (χ1) is 9.17. The van der Waals surface area contributed by atoms with Crippen LogP contribution in [0.3, 0.4) is 0 Å². The lowest BCUT2D eigenvalue weighted by Gasteiger charge is -1.92. The summed E-state index contributed by atoms with van der Waals surface area (Å²) in [7, 11) is 0. The van der Waals surface area contributed by atoms with Crippen molar-refractivity contribution in [3.05, 3.63) is 28.0 Å². The van der Waals surface area contributed by atoms with E-state index in [0.29, 0.717) is 0 Å². The molecule has 4 nitrogen and oxygen atoms in total. The van der Waals surface area contributed by atoms with E-state index in [-0.39, 0.29) is 0 Å². The van der Waals surface area contributed by atoms with Crippen LogP contribution in [0.4, 0.5) is 0 Å². The molecule has 0 fully saturated rings. The highest BCUT2D eigenvalue weighted by Gasteiger charge is 2.05. The fourth-order valence-electron chi connectivity index (χ4n) is 1.20. The fraction of sp³-hybridized carbons (Fsp3) is 0.182. The molecule has 19 heavy (non-hydrogen) atoms. The third kappa shape index (κ3) is 4.64. The lowest BCUT2D eigenvalue weighted by atomic mass is 10.3. The molecule has 0 unspecified atom stereocenters. The van der Waals surface area contributed by atoms with E-state index in [4.69, 9.17) is 5.11 Å². The minimum Gasteiger partial charge on any atom is -0.478 e. The van der Waals surface area contributed by atoms with E-state index in [1.807, 2.05) is 17.7 Å². The second-order valence-electron chi connectivity index (χ2n) is 3.34. The van der Waals surface area contributed by atoms with Crippen molar-refractivity contribution in [3.8, 4) is 0 Å². The average Bonchev–Trinajstić information content (AvgIpc) is 3.03. The van der Waals surface area contributed by atoms with Gasteiger partial charge in [0.25, 0.3) is 0 Å². The second-order valence-corrected chi connectivity index (χ2v) is 7.59. The molecule has 2 rings (SSSR count). The minimum atomic E-state index is -0.930. The summed E-state index contributed by atoms with van der Waals surface area (Å²) in [4.78, 5) is 11.6. The summed E-state index contributed by atoms with van der Waals surface area (Å²) < 4.78 is 1.93. The Hall–Kier alpha value is -0.830. The van der Waals surface area contributed by atoms with Gasteiger partial charge in [-0.05, 0) is 29.3 Å². The van der Waals surface area contributed by atoms with Crippen molar-refractivity contribution in [1.29, 1.82) is 0 Å². The van der Waals surface area contributed by atoms with Gasteiger partial charge in [-0.2, -0.15) is 0 Å². The number of thioether (sulfide) groups is 2. The minimum absolute atomic E-state index is 0.828. The molecule has 8 heteroatoms. The number of carboxylic acid groups (broad SMARTS) is 1. The first-order valence-electron chi connectivity index (χ1n) is 5.16. The summed E-state index contributed by atoms with van der Waals surface area (Å²) >= 11 is 6.45. The van der Waals surface area contributed by atoms with Crippen molar-refractivity contribution in [2.24, 2.45) is 0 Å². The van der Waals surface area contributed by atoms with Crippen molar-refractivity contribution in [2.45, 2.75) is 14.4 Å². The normalized spacial score (nSPS) is 11.2. The van der Waals surface area contributed by atoms with Crippen molar-refractivity contribution in [3.63, 3.8) is 0 Å². The Morgan fingerprint density at radius 3 is 2.95 bits per heavy atom. The highest BCUT2D eigenvalue weighted by Crippen LogP contribution is 2.31. The van der Waals surface area contributed by atoms with Gasteiger partial charge in [0.05, 0.1) is 0 Å². The molecule has 0 bridgehead atoms. The van der Waals surface area contributed by atoms with E-state index in [1.165, 1.54) is 4.88 Å². The molecule has 0 saturated heterocycles. The molecule has 0 spiro atoms. The van der Waals surface area contributed by atoms with Gasteiger partial charge in [-0.15, -0.1) is 21.5 Å². The lowest BCUT2D eigenvalue weighted by molar-refractivity contribution is -0.131. The van der Waals surface area contributed by atoms with Crippen molar-refractivity contribution < 1.29 is 9.90 Å². The third-order valence-corrected chi connectivity index (χ3v) is 6.21. The number of thiophene rings is 1. The summed E-state index contributed by atoms with van der Waals surface area (Å²) in [5.74, 6) is -0.102. The Morgan fingerprint density at radius 1 is 1.47 bits per heavy atom. The number of nitrogens with zero attached hydrogens (tertiary/aromatic N) is 2. The molecule has 2 aromatic heterocycles. The molecule has 0 aliphatic rings. The molecule has 0 saturated carbocycles. The van der Waals surface area contributed by atoms with Crippen LogP contribution in [0, 0.1) is 0 Å². The molecule has 0 radical (unpaired) electrons. The highest BCUT2D eigenvalue weighted by molar-refractivity contribution is 8.02. The molecule has 0 amide bonds. The summed E-state index contributed by atoms with van der Waals surface area (Å²) in [5.41, 5.74) is 0.921. The van der Waals surface area contributed by atoms with E-state index in [1.54, 1.807) is 52.3 Å². The average molecular weight is 330 g/mol. The summed E-state index contributed by atoms with van der Waals surface area (Å²) in [6.07, 6.45) is 4.73. The molecule has 1 N–H and O–H groups in total. The molecular weight excluding hydrogens is 320 g/mol. The molecule has 0 aliphatic carbocycles. The van der Waals surface area contributed by atoms with Gasteiger partial charge >= 0.3 is 5.97 Å². The second kappa shape index (κ2) is 7.09. The zero-order valence-electron chi connectivity index (χ0n) is 9.90. The maximum Gasteiger partial charge on any atom is 0.328 e. The molecular formula is C11H10N2O2S4. The quantitative estimate of drug-likeness (QED) is 0.643. The van der Waals surface area contributed by atoms with Crippen molar-refractivity contribution in [2.75, 3.05) is 6.26 Å². The van der Waals surface area contributed by atoms with Gasteiger partial charge in [-0.3, -0.25) is 0 Å². The van der Waals surface area contributed by atoms with Crippen LogP contribution >= 0.6 is 46.2 Å². The maximum absolute atomic E-state index is 10.4. The number of rotatable bonds is 6. The Bertz CT molecular complexity index is 591. The Labute approximate surface area is 127 Å². The predicted octanol–water partition coefficient (Wildman–Crippen LogP) is 3.71. The molecule has 0 aliphatic heterocycles. The predicted molar refractivity (Wildman–Crippen MR) is 82.2 cm³/mol. The monoisotopic (exact) mass is 330 g/mol. The van der Waals surface area contributed by atoms with E-state index >= 15 is 0 Å². The number of aromatic nitrogens is 2. The lowest BCUT2D eigenvalue weighted by Crippen LogP contribution is -1.84. The molecule has 0 aromatic carbocycles. The SMILES string of the molecule is CSc1nnc(SCc2cc(/C=C/C(=O)O)cs2)s1. The first-order valence-corrected chi connectivity index (χ1v) is 9.06. The summed E-state index contributed by atoms with van der Waals surface area (Å²) in [5, 5.41) is 18.6. The van der Waals surface area contributed by atoms with Crippen LogP contribution < -0.4 is 0 Å². The van der Waals surface area contributed by atoms with Gasteiger partial charge in [0.1, 0.15) is 0 Å². The standard InChI is InChI=1S/C11H10N2O2S4/c1-16-10-12-13-11(19-10)18-6-8-4-7(5-17-8)2-3-9(14)15/h2-5H,6H2,1H3,(H,14,15)/b3-2+. The van der Waals surface area contributed by atoms with Gasteiger partial charge in [0.15, 0.2) is 8.68 Å². The smallest absolute Gasteiger partial charge is 0.328 e. The van der Waals surface area contributed by atoms with Crippen LogP contribution in [0.1, 0.15) is 10.4 Å². The van der Waals surface area contributed by atoms with Gasteiger partial charge < -0.3 is 5.11 Å². The van der Waals surface area contributed by atoms with Crippen LogP contribution in [0.5, 0.6) is 0 Å². The molecule has 0 atom stereocenters. The van der Waals surface area contributed by atoms with E-state index in [9.17, 15) is 4.79 Å².